The third-order valence-electron chi connectivity index (χ3n) is 6.68. The highest BCUT2D eigenvalue weighted by molar-refractivity contribution is 5.86. The van der Waals surface area contributed by atoms with Gasteiger partial charge in [-0.2, -0.15) is 0 Å². The third-order valence-corrected chi connectivity index (χ3v) is 6.68. The van der Waals surface area contributed by atoms with E-state index in [1.165, 1.54) is 21.0 Å². The van der Waals surface area contributed by atoms with Crippen molar-refractivity contribution in [2.45, 2.75) is 76.5 Å². The second-order valence-corrected chi connectivity index (χ2v) is 9.74. The lowest BCUT2D eigenvalue weighted by atomic mass is 9.95. The van der Waals surface area contributed by atoms with Crippen LogP contribution in [0.4, 0.5) is 0 Å². The van der Waals surface area contributed by atoms with E-state index in [1.54, 1.807) is 6.92 Å². The average molecular weight is 557 g/mol. The molecule has 2 aromatic carbocycles. The molecule has 2 fully saturated rings. The molecule has 0 aliphatic carbocycles. The van der Waals surface area contributed by atoms with Crippen molar-refractivity contribution in [3.63, 3.8) is 0 Å². The minimum atomic E-state index is -1.02. The van der Waals surface area contributed by atoms with Crippen LogP contribution in [0, 0.1) is 0 Å². The Labute approximate surface area is 233 Å². The first kappa shape index (κ1) is 29.6. The fraction of sp³-hybridized carbons (Fsp3) is 0.483. The van der Waals surface area contributed by atoms with Gasteiger partial charge in [-0.3, -0.25) is 9.59 Å². The van der Waals surface area contributed by atoms with E-state index in [1.807, 2.05) is 60.7 Å². The molecule has 11 nitrogen and oxygen atoms in total. The number of benzene rings is 2. The molecule has 0 aromatic heterocycles. The summed E-state index contributed by atoms with van der Waals surface area (Å²) in [4.78, 5) is 37.1. The lowest BCUT2D eigenvalue weighted by Crippen LogP contribution is -2.68. The van der Waals surface area contributed by atoms with E-state index in [9.17, 15) is 14.4 Å². The summed E-state index contributed by atoms with van der Waals surface area (Å²) >= 11 is 0. The largest absolute Gasteiger partial charge is 0.467 e. The van der Waals surface area contributed by atoms with Crippen molar-refractivity contribution < 1.29 is 42.8 Å². The normalized spacial score (nSPS) is 27.5. The maximum Gasteiger partial charge on any atom is 0.328 e. The van der Waals surface area contributed by atoms with E-state index in [4.69, 9.17) is 28.4 Å². The van der Waals surface area contributed by atoms with E-state index in [0.29, 0.717) is 0 Å². The molecule has 4 rings (SSSR count). The molecule has 2 saturated heterocycles. The summed E-state index contributed by atoms with van der Waals surface area (Å²) in [6.07, 6.45) is -4.86. The van der Waals surface area contributed by atoms with E-state index in [-0.39, 0.29) is 19.1 Å². The molecule has 216 valence electrons. The third kappa shape index (κ3) is 7.43. The number of rotatable bonds is 10. The fourth-order valence-electron chi connectivity index (χ4n) is 4.66. The number of nitrogens with one attached hydrogen (secondary N) is 2. The Morgan fingerprint density at radius 2 is 1.68 bits per heavy atom. The van der Waals surface area contributed by atoms with Crippen LogP contribution >= 0.6 is 0 Å². The number of ether oxygens (including phenoxy) is 6. The maximum atomic E-state index is 13.0. The second kappa shape index (κ2) is 13.8. The topological polar surface area (TPSA) is 131 Å². The van der Waals surface area contributed by atoms with Crippen molar-refractivity contribution in [1.82, 2.24) is 10.6 Å². The SMILES string of the molecule is COC(=O)[C@H](C)NC(=O)[C@@H](C)O[C@@H]1[C@@H](NC(C)=O)[C@@H](OCc2ccccc2)O[C@@H]2CO[C@@H](c3ccccc3)O[C@@H]12. The molecule has 0 bridgehead atoms. The highest BCUT2D eigenvalue weighted by atomic mass is 16.8. The summed E-state index contributed by atoms with van der Waals surface area (Å²) in [6.45, 7) is 4.83. The Morgan fingerprint density at radius 1 is 1.00 bits per heavy atom. The molecular weight excluding hydrogens is 520 g/mol. The van der Waals surface area contributed by atoms with Crippen molar-refractivity contribution in [3.05, 3.63) is 71.8 Å². The predicted octanol–water partition coefficient (Wildman–Crippen LogP) is 2.00. The molecule has 2 aromatic rings. The van der Waals surface area contributed by atoms with Gasteiger partial charge >= 0.3 is 5.97 Å². The molecule has 2 aliphatic heterocycles. The number of fused-ring (bicyclic) bond motifs is 1. The fourth-order valence-corrected chi connectivity index (χ4v) is 4.66. The summed E-state index contributed by atoms with van der Waals surface area (Å²) in [6, 6.07) is 17.2. The monoisotopic (exact) mass is 556 g/mol. The smallest absolute Gasteiger partial charge is 0.328 e. The Balaban J connectivity index is 1.59. The predicted molar refractivity (Wildman–Crippen MR) is 141 cm³/mol. The van der Waals surface area contributed by atoms with Gasteiger partial charge in [-0.25, -0.2) is 4.79 Å². The lowest BCUT2D eigenvalue weighted by molar-refractivity contribution is -0.351. The molecule has 0 unspecified atom stereocenters. The number of methoxy groups -OCH3 is 1. The summed E-state index contributed by atoms with van der Waals surface area (Å²) in [5.74, 6) is -1.45. The van der Waals surface area contributed by atoms with Crippen molar-refractivity contribution in [1.29, 1.82) is 0 Å². The maximum absolute atomic E-state index is 13.0. The molecule has 0 saturated carbocycles. The first-order valence-electron chi connectivity index (χ1n) is 13.2. The Bertz CT molecular complexity index is 1130. The van der Waals surface area contributed by atoms with E-state index < -0.39 is 61.0 Å². The van der Waals surface area contributed by atoms with Gasteiger partial charge in [0.2, 0.25) is 11.8 Å². The second-order valence-electron chi connectivity index (χ2n) is 9.74. The van der Waals surface area contributed by atoms with Crippen molar-refractivity contribution in [2.75, 3.05) is 13.7 Å². The number of carbonyl (C=O) groups excluding carboxylic acids is 3. The van der Waals surface area contributed by atoms with Gasteiger partial charge in [0.15, 0.2) is 12.6 Å². The number of esters is 1. The van der Waals surface area contributed by atoms with E-state index >= 15 is 0 Å². The van der Waals surface area contributed by atoms with Crippen LogP contribution in [0.25, 0.3) is 0 Å². The van der Waals surface area contributed by atoms with Crippen LogP contribution in [0.2, 0.25) is 0 Å². The molecule has 2 heterocycles. The standard InChI is InChI=1S/C29H36N2O9/c1-17(27(34)35-4)30-26(33)18(2)38-25-23(31-19(3)32)29(36-15-20-11-7-5-8-12-20)39-22-16-37-28(40-24(22)25)21-13-9-6-10-14-21/h5-14,17-18,22-25,28-29H,15-16H2,1-4H3,(H,30,33)(H,31,32)/t17-,18+,22+,23+,24+,25+,28+,29-/m0/s1. The molecule has 0 spiro atoms. The average Bonchev–Trinajstić information content (AvgIpc) is 2.97. The van der Waals surface area contributed by atoms with Crippen molar-refractivity contribution >= 4 is 17.8 Å². The summed E-state index contributed by atoms with van der Waals surface area (Å²) in [5, 5.41) is 5.46. The molecule has 11 heteroatoms. The minimum Gasteiger partial charge on any atom is -0.467 e. The zero-order chi connectivity index (χ0) is 28.6. The number of amides is 2. The highest BCUT2D eigenvalue weighted by Gasteiger charge is 2.52. The Hall–Kier alpha value is -3.35. The van der Waals surface area contributed by atoms with Crippen LogP contribution in [0.5, 0.6) is 0 Å². The summed E-state index contributed by atoms with van der Waals surface area (Å²) in [5.41, 5.74) is 1.72. The first-order valence-corrected chi connectivity index (χ1v) is 13.2. The molecule has 2 amide bonds. The number of hydrogen-bond acceptors (Lipinski definition) is 9. The van der Waals surface area contributed by atoms with Crippen molar-refractivity contribution in [2.24, 2.45) is 0 Å². The van der Waals surface area contributed by atoms with Crippen LogP contribution in [-0.4, -0.2) is 74.3 Å². The van der Waals surface area contributed by atoms with Gasteiger partial charge in [-0.1, -0.05) is 60.7 Å². The first-order chi connectivity index (χ1) is 19.3. The van der Waals surface area contributed by atoms with Crippen LogP contribution in [0.15, 0.2) is 60.7 Å². The van der Waals surface area contributed by atoms with Gasteiger partial charge in [0.25, 0.3) is 0 Å². The van der Waals surface area contributed by atoms with Crippen LogP contribution in [0.1, 0.15) is 38.2 Å². The molecule has 0 radical (unpaired) electrons. The highest BCUT2D eigenvalue weighted by Crippen LogP contribution is 2.36. The van der Waals surface area contributed by atoms with E-state index in [2.05, 4.69) is 10.6 Å². The van der Waals surface area contributed by atoms with Crippen LogP contribution in [-0.2, 0) is 49.4 Å². The number of hydrogen-bond donors (Lipinski definition) is 2. The van der Waals surface area contributed by atoms with Gasteiger partial charge in [0.05, 0.1) is 20.3 Å². The van der Waals surface area contributed by atoms with Gasteiger partial charge < -0.3 is 39.1 Å². The number of carbonyl (C=O) groups is 3. The molecule has 2 N–H and O–H groups in total. The van der Waals surface area contributed by atoms with Gasteiger partial charge in [0.1, 0.15) is 36.5 Å². The Kier molecular flexibility index (Phi) is 10.2. The van der Waals surface area contributed by atoms with Gasteiger partial charge in [0, 0.05) is 12.5 Å². The summed E-state index contributed by atoms with van der Waals surface area (Å²) in [7, 11) is 1.24. The zero-order valence-electron chi connectivity index (χ0n) is 23.0. The van der Waals surface area contributed by atoms with Crippen molar-refractivity contribution in [3.8, 4) is 0 Å². The minimum absolute atomic E-state index is 0.169. The van der Waals surface area contributed by atoms with E-state index in [0.717, 1.165) is 11.1 Å². The molecule has 8 atom stereocenters. The van der Waals surface area contributed by atoms with Gasteiger partial charge in [-0.05, 0) is 19.4 Å². The molecule has 2 aliphatic rings. The summed E-state index contributed by atoms with van der Waals surface area (Å²) < 4.78 is 35.7. The zero-order valence-corrected chi connectivity index (χ0v) is 23.0. The lowest BCUT2D eigenvalue weighted by Gasteiger charge is -2.49. The Morgan fingerprint density at radius 3 is 2.33 bits per heavy atom. The quantitative estimate of drug-likeness (QED) is 0.422. The molecule has 40 heavy (non-hydrogen) atoms. The van der Waals surface area contributed by atoms with Crippen LogP contribution < -0.4 is 10.6 Å². The molecular formula is C29H36N2O9. The van der Waals surface area contributed by atoms with Crippen LogP contribution in [0.3, 0.4) is 0 Å². The van der Waals surface area contributed by atoms with Gasteiger partial charge in [-0.15, -0.1) is 0 Å².